The van der Waals surface area contributed by atoms with Crippen LogP contribution in [0.4, 0.5) is 0 Å². The zero-order valence-electron chi connectivity index (χ0n) is 18.1. The average Bonchev–Trinajstić information content (AvgIpc) is 2.85. The normalized spacial score (nSPS) is 20.9. The van der Waals surface area contributed by atoms with Gasteiger partial charge in [0, 0.05) is 17.9 Å². The molecule has 1 saturated carbocycles. The molecule has 1 fully saturated rings. The van der Waals surface area contributed by atoms with Gasteiger partial charge >= 0.3 is 0 Å². The van der Waals surface area contributed by atoms with Crippen LogP contribution in [0, 0.1) is 11.3 Å². The molecule has 3 nitrogen and oxygen atoms in total. The maximum absolute atomic E-state index is 9.58. The molecule has 1 N–H and O–H groups in total. The summed E-state index contributed by atoms with van der Waals surface area (Å²) in [7, 11) is 1.70. The molecule has 3 heteroatoms. The summed E-state index contributed by atoms with van der Waals surface area (Å²) >= 11 is 0. The van der Waals surface area contributed by atoms with Gasteiger partial charge in [-0.15, -0.1) is 0 Å². The minimum atomic E-state index is -0.0868. The fourth-order valence-corrected chi connectivity index (χ4v) is 4.92. The first-order valence-corrected chi connectivity index (χ1v) is 11.1. The summed E-state index contributed by atoms with van der Waals surface area (Å²) in [6.07, 6.45) is 4.65. The van der Waals surface area contributed by atoms with E-state index in [1.807, 2.05) is 12.1 Å². The predicted molar refractivity (Wildman–Crippen MR) is 125 cm³/mol. The van der Waals surface area contributed by atoms with Crippen LogP contribution in [0.15, 0.2) is 84.9 Å². The fraction of sp³-hybridized carbons (Fsp3) is 0.321. The Kier molecular flexibility index (Phi) is 6.70. The van der Waals surface area contributed by atoms with Crippen molar-refractivity contribution in [1.82, 2.24) is 5.32 Å². The van der Waals surface area contributed by atoms with E-state index >= 15 is 0 Å². The van der Waals surface area contributed by atoms with Gasteiger partial charge in [0.1, 0.15) is 5.75 Å². The van der Waals surface area contributed by atoms with Gasteiger partial charge in [-0.25, -0.2) is 0 Å². The summed E-state index contributed by atoms with van der Waals surface area (Å²) in [5.41, 5.74) is 3.72. The second kappa shape index (κ2) is 9.81. The van der Waals surface area contributed by atoms with E-state index in [1.54, 1.807) is 7.11 Å². The van der Waals surface area contributed by atoms with E-state index in [0.717, 1.165) is 31.4 Å². The molecule has 0 atom stereocenters. The smallest absolute Gasteiger partial charge is 0.119 e. The van der Waals surface area contributed by atoms with Crippen molar-refractivity contribution < 1.29 is 4.74 Å². The number of nitriles is 1. The molecule has 31 heavy (non-hydrogen) atoms. The van der Waals surface area contributed by atoms with Crippen molar-refractivity contribution in [1.29, 1.82) is 5.26 Å². The third-order valence-electron chi connectivity index (χ3n) is 6.71. The van der Waals surface area contributed by atoms with Crippen LogP contribution in [0.3, 0.4) is 0 Å². The van der Waals surface area contributed by atoms with Crippen LogP contribution in [-0.2, 0) is 5.41 Å². The van der Waals surface area contributed by atoms with Crippen LogP contribution in [0.1, 0.15) is 54.8 Å². The Labute approximate surface area is 185 Å². The molecule has 0 radical (unpaired) electrons. The molecule has 3 aromatic carbocycles. The van der Waals surface area contributed by atoms with E-state index in [2.05, 4.69) is 84.2 Å². The number of nitrogens with one attached hydrogen (secondary N) is 1. The first kappa shape index (κ1) is 21.2. The van der Waals surface area contributed by atoms with Crippen molar-refractivity contribution in [2.75, 3.05) is 7.11 Å². The summed E-state index contributed by atoms with van der Waals surface area (Å²) in [6, 6.07) is 32.7. The van der Waals surface area contributed by atoms with Crippen LogP contribution in [0.2, 0.25) is 0 Å². The lowest BCUT2D eigenvalue weighted by molar-refractivity contribution is 0.241. The highest BCUT2D eigenvalue weighted by Crippen LogP contribution is 2.43. The Hall–Kier alpha value is -3.09. The Morgan fingerprint density at radius 1 is 0.935 bits per heavy atom. The highest BCUT2D eigenvalue weighted by molar-refractivity contribution is 5.36. The molecular weight excluding hydrogens is 380 g/mol. The summed E-state index contributed by atoms with van der Waals surface area (Å²) in [4.78, 5) is 0. The van der Waals surface area contributed by atoms with E-state index in [-0.39, 0.29) is 11.5 Å². The van der Waals surface area contributed by atoms with Crippen molar-refractivity contribution in [2.24, 2.45) is 0 Å². The fourth-order valence-electron chi connectivity index (χ4n) is 4.92. The number of nitrogens with zero attached hydrogens (tertiary/aromatic N) is 1. The number of ether oxygens (including phenoxy) is 1. The maximum Gasteiger partial charge on any atom is 0.119 e. The molecule has 158 valence electrons. The Morgan fingerprint density at radius 2 is 1.55 bits per heavy atom. The van der Waals surface area contributed by atoms with Crippen LogP contribution < -0.4 is 10.1 Å². The van der Waals surface area contributed by atoms with E-state index in [9.17, 15) is 5.26 Å². The minimum Gasteiger partial charge on any atom is -0.497 e. The van der Waals surface area contributed by atoms with Crippen LogP contribution in [0.5, 0.6) is 5.75 Å². The van der Waals surface area contributed by atoms with Gasteiger partial charge in [0.15, 0.2) is 0 Å². The lowest BCUT2D eigenvalue weighted by Crippen LogP contribution is -2.41. The third kappa shape index (κ3) is 4.81. The maximum atomic E-state index is 9.58. The van der Waals surface area contributed by atoms with E-state index < -0.39 is 0 Å². The molecule has 0 unspecified atom stereocenters. The molecule has 0 aromatic heterocycles. The second-order valence-electron chi connectivity index (χ2n) is 8.54. The highest BCUT2D eigenvalue weighted by Gasteiger charge is 2.37. The molecule has 3 aromatic rings. The van der Waals surface area contributed by atoms with Gasteiger partial charge in [-0.3, -0.25) is 0 Å². The van der Waals surface area contributed by atoms with Crippen molar-refractivity contribution >= 4 is 0 Å². The Balaban J connectivity index is 1.53. The molecule has 0 heterocycles. The van der Waals surface area contributed by atoms with Gasteiger partial charge < -0.3 is 10.1 Å². The van der Waals surface area contributed by atoms with Gasteiger partial charge in [0.05, 0.1) is 19.2 Å². The lowest BCUT2D eigenvalue weighted by Gasteiger charge is -2.41. The van der Waals surface area contributed by atoms with Crippen LogP contribution in [-0.4, -0.2) is 13.2 Å². The summed E-state index contributed by atoms with van der Waals surface area (Å²) < 4.78 is 5.45. The summed E-state index contributed by atoms with van der Waals surface area (Å²) in [6.45, 7) is 0. The van der Waals surface area contributed by atoms with E-state index in [4.69, 9.17) is 4.74 Å². The van der Waals surface area contributed by atoms with Crippen molar-refractivity contribution in [3.63, 3.8) is 0 Å². The van der Waals surface area contributed by atoms with Gasteiger partial charge in [-0.2, -0.15) is 5.26 Å². The molecular formula is C28H30N2O. The highest BCUT2D eigenvalue weighted by atomic mass is 16.5. The number of rotatable bonds is 7. The quantitative estimate of drug-likeness (QED) is 0.507. The van der Waals surface area contributed by atoms with Crippen molar-refractivity contribution in [3.05, 3.63) is 102 Å². The number of hydrogen-bond donors (Lipinski definition) is 1. The van der Waals surface area contributed by atoms with Crippen LogP contribution in [0.25, 0.3) is 0 Å². The van der Waals surface area contributed by atoms with Crippen LogP contribution >= 0.6 is 0 Å². The third-order valence-corrected chi connectivity index (χ3v) is 6.71. The zero-order chi connectivity index (χ0) is 21.5. The molecule has 4 rings (SSSR count). The van der Waals surface area contributed by atoms with Crippen molar-refractivity contribution in [2.45, 2.75) is 49.6 Å². The molecule has 0 bridgehead atoms. The second-order valence-corrected chi connectivity index (χ2v) is 8.54. The van der Waals surface area contributed by atoms with Gasteiger partial charge in [0.25, 0.3) is 0 Å². The van der Waals surface area contributed by atoms with Gasteiger partial charge in [0.2, 0.25) is 0 Å². The Morgan fingerprint density at radius 3 is 2.10 bits per heavy atom. The lowest BCUT2D eigenvalue weighted by atomic mass is 9.66. The largest absolute Gasteiger partial charge is 0.497 e. The predicted octanol–water partition coefficient (Wildman–Crippen LogP) is 6.17. The van der Waals surface area contributed by atoms with Gasteiger partial charge in [-0.1, -0.05) is 72.8 Å². The minimum absolute atomic E-state index is 0.0868. The molecule has 0 spiro atoms. The molecule has 1 aliphatic rings. The standard InChI is InChI=1S/C28H30N2O/c1-31-26-14-8-13-24(21-26)28(19-20-29)17-15-25(16-18-28)30-27(22-9-4-2-5-10-22)23-11-6-3-7-12-23/h2-14,21,25,27,30H,15-19H2,1H3/t25-,28-. The Bertz CT molecular complexity index is 962. The summed E-state index contributed by atoms with van der Waals surface area (Å²) in [5.74, 6) is 0.864. The number of hydrogen-bond acceptors (Lipinski definition) is 3. The number of benzene rings is 3. The zero-order valence-corrected chi connectivity index (χ0v) is 18.1. The summed E-state index contributed by atoms with van der Waals surface area (Å²) in [5, 5.41) is 13.5. The molecule has 0 aliphatic heterocycles. The first-order valence-electron chi connectivity index (χ1n) is 11.1. The number of methoxy groups -OCH3 is 1. The molecule has 0 amide bonds. The molecule has 1 aliphatic carbocycles. The molecule has 0 saturated heterocycles. The topological polar surface area (TPSA) is 45.0 Å². The average molecular weight is 411 g/mol. The first-order chi connectivity index (χ1) is 15.2. The van der Waals surface area contributed by atoms with Gasteiger partial charge in [-0.05, 0) is 54.5 Å². The SMILES string of the molecule is COc1cccc([C@]2(CC#N)CC[C@@H](NC(c3ccccc3)c3ccccc3)CC2)c1. The van der Waals surface area contributed by atoms with Crippen molar-refractivity contribution in [3.8, 4) is 11.8 Å². The van der Waals surface area contributed by atoms with E-state index in [1.165, 1.54) is 16.7 Å². The van der Waals surface area contributed by atoms with E-state index in [0.29, 0.717) is 12.5 Å². The monoisotopic (exact) mass is 410 g/mol.